The summed E-state index contributed by atoms with van der Waals surface area (Å²) in [6.07, 6.45) is 4.85. The number of anilines is 1. The Kier molecular flexibility index (Phi) is 5.12. The molecule has 1 amide bonds. The van der Waals surface area contributed by atoms with Crippen molar-refractivity contribution in [3.63, 3.8) is 0 Å². The lowest BCUT2D eigenvalue weighted by molar-refractivity contribution is -0.115. The Hall–Kier alpha value is -3.34. The molecule has 2 fully saturated rings. The number of aliphatic imine (C=N–C) groups is 1. The highest BCUT2D eigenvalue weighted by Gasteiger charge is 2.58. The third-order valence-electron chi connectivity index (χ3n) is 6.08. The molecule has 0 radical (unpaired) electrons. The van der Waals surface area contributed by atoms with E-state index in [9.17, 15) is 9.18 Å². The van der Waals surface area contributed by atoms with E-state index in [1.165, 1.54) is 11.2 Å². The molecule has 10 nitrogen and oxygen atoms in total. The summed E-state index contributed by atoms with van der Waals surface area (Å²) >= 11 is 5.87. The van der Waals surface area contributed by atoms with Crippen molar-refractivity contribution in [3.05, 3.63) is 46.8 Å². The summed E-state index contributed by atoms with van der Waals surface area (Å²) < 4.78 is 20.5. The number of hydrogen-bond acceptors (Lipinski definition) is 8. The van der Waals surface area contributed by atoms with Crippen molar-refractivity contribution in [2.45, 2.75) is 19.4 Å². The van der Waals surface area contributed by atoms with Crippen molar-refractivity contribution < 1.29 is 13.7 Å². The SMILES string of the molecule is Cc1c(/N=C\N(C=O)Cc2nc(C3C4CN(c5cc(Cl)c(F)cn5)CC43)no2)ncn1C. The van der Waals surface area contributed by atoms with Crippen LogP contribution >= 0.6 is 11.6 Å². The highest BCUT2D eigenvalue weighted by atomic mass is 35.5. The van der Waals surface area contributed by atoms with Crippen LogP contribution in [0, 0.1) is 24.6 Å². The molecule has 1 aliphatic carbocycles. The van der Waals surface area contributed by atoms with Crippen LogP contribution in [0.2, 0.25) is 5.02 Å². The number of amides is 1. The van der Waals surface area contributed by atoms with Gasteiger partial charge >= 0.3 is 0 Å². The van der Waals surface area contributed by atoms with Gasteiger partial charge in [0.05, 0.1) is 23.2 Å². The first-order chi connectivity index (χ1) is 15.4. The van der Waals surface area contributed by atoms with Gasteiger partial charge in [-0.2, -0.15) is 4.98 Å². The Morgan fingerprint density at radius 1 is 1.38 bits per heavy atom. The molecule has 3 aromatic heterocycles. The Labute approximate surface area is 187 Å². The summed E-state index contributed by atoms with van der Waals surface area (Å²) in [6, 6.07) is 1.55. The van der Waals surface area contributed by atoms with Gasteiger partial charge in [-0.25, -0.2) is 19.4 Å². The monoisotopic (exact) mass is 458 g/mol. The molecule has 5 rings (SSSR count). The van der Waals surface area contributed by atoms with E-state index in [0.717, 1.165) is 25.0 Å². The van der Waals surface area contributed by atoms with Crippen molar-refractivity contribution >= 4 is 36.0 Å². The molecule has 2 aliphatic rings. The van der Waals surface area contributed by atoms with Gasteiger partial charge in [0.1, 0.15) is 18.7 Å². The summed E-state index contributed by atoms with van der Waals surface area (Å²) in [5.74, 6) is 2.62. The first-order valence-electron chi connectivity index (χ1n) is 10.1. The van der Waals surface area contributed by atoms with Crippen molar-refractivity contribution in [1.82, 2.24) is 29.6 Å². The zero-order valence-corrected chi connectivity index (χ0v) is 18.1. The number of aromatic nitrogens is 5. The standard InChI is InChI=1S/C20H20ClFN8O2/c1-11-19(24-8-28(11)2)25-9-29(10-31)7-17-26-20(27-32-17)18-12-5-30(6-13(12)18)16-3-14(21)15(22)4-23-16/h3-4,8-10,12-13,18H,5-7H2,1-2H3/b25-9-. The molecule has 2 atom stereocenters. The summed E-state index contributed by atoms with van der Waals surface area (Å²) in [5.41, 5.74) is 0.889. The number of nitrogens with zero attached hydrogens (tertiary/aromatic N) is 8. The predicted octanol–water partition coefficient (Wildman–Crippen LogP) is 2.47. The normalized spacial score (nSPS) is 21.9. The topological polar surface area (TPSA) is 106 Å². The molecule has 32 heavy (non-hydrogen) atoms. The fraction of sp³-hybridized carbons (Fsp3) is 0.400. The molecule has 0 N–H and O–H groups in total. The fourth-order valence-corrected chi connectivity index (χ4v) is 4.28. The second kappa shape index (κ2) is 7.97. The van der Waals surface area contributed by atoms with E-state index >= 15 is 0 Å². The molecule has 166 valence electrons. The lowest BCUT2D eigenvalue weighted by Crippen LogP contribution is -2.24. The number of carbonyl (C=O) groups excluding carboxylic acids is 1. The van der Waals surface area contributed by atoms with Crippen LogP contribution in [-0.4, -0.2) is 55.4 Å². The number of imidazole rings is 1. The van der Waals surface area contributed by atoms with Crippen LogP contribution in [0.15, 0.2) is 28.1 Å². The van der Waals surface area contributed by atoms with Gasteiger partial charge in [0.2, 0.25) is 12.3 Å². The minimum Gasteiger partial charge on any atom is -0.356 e. The first-order valence-corrected chi connectivity index (χ1v) is 10.4. The smallest absolute Gasteiger partial charge is 0.246 e. The van der Waals surface area contributed by atoms with Gasteiger partial charge in [0, 0.05) is 32.1 Å². The van der Waals surface area contributed by atoms with E-state index in [4.69, 9.17) is 16.1 Å². The van der Waals surface area contributed by atoms with E-state index in [1.807, 2.05) is 18.5 Å². The molecule has 1 aliphatic heterocycles. The summed E-state index contributed by atoms with van der Waals surface area (Å²) in [6.45, 7) is 3.55. The molecule has 12 heteroatoms. The molecule has 3 aromatic rings. The number of carbonyl (C=O) groups is 1. The molecule has 1 saturated heterocycles. The van der Waals surface area contributed by atoms with Crippen molar-refractivity contribution in [2.75, 3.05) is 18.0 Å². The van der Waals surface area contributed by atoms with E-state index in [2.05, 4.69) is 30.0 Å². The summed E-state index contributed by atoms with van der Waals surface area (Å²) in [5, 5.41) is 4.18. The third-order valence-corrected chi connectivity index (χ3v) is 6.37. The Morgan fingerprint density at radius 2 is 2.16 bits per heavy atom. The molecule has 2 unspecified atom stereocenters. The van der Waals surface area contributed by atoms with Gasteiger partial charge in [-0.05, 0) is 18.8 Å². The van der Waals surface area contributed by atoms with Crippen molar-refractivity contribution in [1.29, 1.82) is 0 Å². The number of rotatable bonds is 7. The van der Waals surface area contributed by atoms with Crippen molar-refractivity contribution in [3.8, 4) is 0 Å². The highest BCUT2D eigenvalue weighted by molar-refractivity contribution is 6.30. The van der Waals surface area contributed by atoms with Gasteiger partial charge in [-0.1, -0.05) is 16.8 Å². The van der Waals surface area contributed by atoms with Crippen LogP contribution in [0.5, 0.6) is 0 Å². The maximum Gasteiger partial charge on any atom is 0.246 e. The van der Waals surface area contributed by atoms with Crippen LogP contribution in [-0.2, 0) is 18.4 Å². The number of aryl methyl sites for hydroxylation is 1. The Bertz CT molecular complexity index is 1180. The van der Waals surface area contributed by atoms with E-state index in [-0.39, 0.29) is 17.5 Å². The highest BCUT2D eigenvalue weighted by Crippen LogP contribution is 2.57. The fourth-order valence-electron chi connectivity index (χ4n) is 4.14. The van der Waals surface area contributed by atoms with Crippen LogP contribution in [0.3, 0.4) is 0 Å². The number of hydrogen-bond donors (Lipinski definition) is 0. The molecule has 0 bridgehead atoms. The van der Waals surface area contributed by atoms with Crippen LogP contribution in [0.25, 0.3) is 0 Å². The number of piperidine rings is 1. The lowest BCUT2D eigenvalue weighted by Gasteiger charge is -2.20. The molecule has 0 aromatic carbocycles. The molecular weight excluding hydrogens is 439 g/mol. The molecule has 1 saturated carbocycles. The van der Waals surface area contributed by atoms with Crippen LogP contribution < -0.4 is 4.90 Å². The van der Waals surface area contributed by atoms with Crippen LogP contribution in [0.4, 0.5) is 16.0 Å². The minimum atomic E-state index is -0.526. The van der Waals surface area contributed by atoms with Gasteiger partial charge in [0.15, 0.2) is 17.5 Å². The summed E-state index contributed by atoms with van der Waals surface area (Å²) in [4.78, 5) is 31.9. The zero-order valence-electron chi connectivity index (χ0n) is 17.4. The lowest BCUT2D eigenvalue weighted by atomic mass is 10.2. The maximum absolute atomic E-state index is 13.3. The molecular formula is C20H20ClFN8O2. The number of pyridine rings is 1. The Morgan fingerprint density at radius 3 is 2.81 bits per heavy atom. The predicted molar refractivity (Wildman–Crippen MR) is 113 cm³/mol. The van der Waals surface area contributed by atoms with Gasteiger partial charge in [0.25, 0.3) is 0 Å². The van der Waals surface area contributed by atoms with Gasteiger partial charge in [-0.3, -0.25) is 9.69 Å². The van der Waals surface area contributed by atoms with E-state index < -0.39 is 5.82 Å². The summed E-state index contributed by atoms with van der Waals surface area (Å²) in [7, 11) is 1.87. The average Bonchev–Trinajstić information content (AvgIpc) is 3.16. The third kappa shape index (κ3) is 3.72. The quantitative estimate of drug-likeness (QED) is 0.304. The first kappa shape index (κ1) is 20.6. The minimum absolute atomic E-state index is 0.0661. The molecule has 0 spiro atoms. The second-order valence-electron chi connectivity index (χ2n) is 8.05. The Balaban J connectivity index is 1.19. The zero-order chi connectivity index (χ0) is 22.4. The molecule has 4 heterocycles. The average molecular weight is 459 g/mol. The van der Waals surface area contributed by atoms with E-state index in [0.29, 0.717) is 41.6 Å². The van der Waals surface area contributed by atoms with E-state index in [1.54, 1.807) is 12.4 Å². The van der Waals surface area contributed by atoms with Crippen molar-refractivity contribution in [2.24, 2.45) is 23.9 Å². The largest absolute Gasteiger partial charge is 0.356 e. The van der Waals surface area contributed by atoms with Crippen LogP contribution in [0.1, 0.15) is 23.3 Å². The van der Waals surface area contributed by atoms with Gasteiger partial charge in [-0.15, -0.1) is 0 Å². The number of fused-ring (bicyclic) bond motifs is 1. The maximum atomic E-state index is 13.3. The number of halogens is 2. The van der Waals surface area contributed by atoms with Gasteiger partial charge < -0.3 is 14.0 Å². The second-order valence-corrected chi connectivity index (χ2v) is 8.46.